The van der Waals surface area contributed by atoms with Gasteiger partial charge in [-0.2, -0.15) is 5.10 Å². The van der Waals surface area contributed by atoms with Gasteiger partial charge in [-0.1, -0.05) is 0 Å². The molecule has 1 aromatic rings. The molecule has 2 heterocycles. The van der Waals surface area contributed by atoms with Crippen LogP contribution in [-0.2, 0) is 13.0 Å². The lowest BCUT2D eigenvalue weighted by Gasteiger charge is -2.27. The van der Waals surface area contributed by atoms with Crippen LogP contribution in [-0.4, -0.2) is 22.4 Å². The van der Waals surface area contributed by atoms with Gasteiger partial charge in [0.1, 0.15) is 0 Å². The van der Waals surface area contributed by atoms with Gasteiger partial charge in [0.25, 0.3) is 0 Å². The van der Waals surface area contributed by atoms with Gasteiger partial charge in [-0.05, 0) is 61.5 Å². The van der Waals surface area contributed by atoms with E-state index in [-0.39, 0.29) is 0 Å². The van der Waals surface area contributed by atoms with Gasteiger partial charge in [0, 0.05) is 12.6 Å². The third kappa shape index (κ3) is 2.66. The van der Waals surface area contributed by atoms with Crippen LogP contribution in [0, 0.1) is 5.92 Å². The number of rotatable bonds is 3. The Kier molecular flexibility index (Phi) is 4.03. The van der Waals surface area contributed by atoms with Crippen molar-refractivity contribution < 1.29 is 0 Å². The van der Waals surface area contributed by atoms with E-state index in [4.69, 9.17) is 0 Å². The van der Waals surface area contributed by atoms with Crippen molar-refractivity contribution in [1.29, 1.82) is 0 Å². The topological polar surface area (TPSA) is 29.9 Å². The second-order valence-corrected chi connectivity index (χ2v) is 5.57. The molecular weight excluding hydrogens is 266 g/mol. The molecule has 2 unspecified atom stereocenters. The molecule has 0 bridgehead atoms. The van der Waals surface area contributed by atoms with Crippen LogP contribution in [0.2, 0.25) is 0 Å². The Bertz CT molecular complexity index is 340. The lowest BCUT2D eigenvalue weighted by molar-refractivity contribution is 0.317. The SMILES string of the molecule is CCn1ncc(Br)c1CC1CCC(C)NC1. The first-order valence-electron chi connectivity index (χ1n) is 6.14. The van der Waals surface area contributed by atoms with Crippen molar-refractivity contribution in [2.45, 2.75) is 45.7 Å². The number of nitrogens with zero attached hydrogens (tertiary/aromatic N) is 2. The average Bonchev–Trinajstić information content (AvgIpc) is 2.63. The van der Waals surface area contributed by atoms with Crippen molar-refractivity contribution in [2.24, 2.45) is 5.92 Å². The van der Waals surface area contributed by atoms with Gasteiger partial charge in [-0.25, -0.2) is 0 Å². The maximum absolute atomic E-state index is 4.36. The molecule has 0 spiro atoms. The molecule has 90 valence electrons. The van der Waals surface area contributed by atoms with Gasteiger partial charge in [-0.3, -0.25) is 4.68 Å². The summed E-state index contributed by atoms with van der Waals surface area (Å²) in [7, 11) is 0. The van der Waals surface area contributed by atoms with Crippen molar-refractivity contribution in [3.63, 3.8) is 0 Å². The van der Waals surface area contributed by atoms with Crippen LogP contribution in [0.3, 0.4) is 0 Å². The standard InChI is InChI=1S/C12H20BrN3/c1-3-16-12(11(13)8-15-16)6-10-5-4-9(2)14-7-10/h8-10,14H,3-7H2,1-2H3. The molecule has 1 aliphatic rings. The number of aromatic nitrogens is 2. The monoisotopic (exact) mass is 285 g/mol. The van der Waals surface area contributed by atoms with Crippen LogP contribution in [0.5, 0.6) is 0 Å². The summed E-state index contributed by atoms with van der Waals surface area (Å²) in [6.45, 7) is 6.51. The van der Waals surface area contributed by atoms with E-state index in [0.29, 0.717) is 6.04 Å². The fourth-order valence-corrected chi connectivity index (χ4v) is 2.83. The van der Waals surface area contributed by atoms with E-state index in [1.165, 1.54) is 18.5 Å². The van der Waals surface area contributed by atoms with Crippen LogP contribution in [0.4, 0.5) is 0 Å². The number of piperidine rings is 1. The maximum atomic E-state index is 4.36. The van der Waals surface area contributed by atoms with Crippen molar-refractivity contribution in [3.05, 3.63) is 16.4 Å². The average molecular weight is 286 g/mol. The summed E-state index contributed by atoms with van der Waals surface area (Å²) >= 11 is 3.59. The van der Waals surface area contributed by atoms with Crippen LogP contribution in [0.25, 0.3) is 0 Å². The number of hydrogen-bond acceptors (Lipinski definition) is 2. The number of halogens is 1. The molecule has 1 fully saturated rings. The summed E-state index contributed by atoms with van der Waals surface area (Å²) < 4.78 is 3.26. The highest BCUT2D eigenvalue weighted by atomic mass is 79.9. The Labute approximate surface area is 106 Å². The number of hydrogen-bond donors (Lipinski definition) is 1. The molecule has 2 atom stereocenters. The van der Waals surface area contributed by atoms with Crippen molar-refractivity contribution >= 4 is 15.9 Å². The Morgan fingerprint density at radius 1 is 1.56 bits per heavy atom. The van der Waals surface area contributed by atoms with Gasteiger partial charge in [-0.15, -0.1) is 0 Å². The molecule has 3 nitrogen and oxygen atoms in total. The van der Waals surface area contributed by atoms with Crippen LogP contribution < -0.4 is 5.32 Å². The molecule has 0 amide bonds. The molecular formula is C12H20BrN3. The second-order valence-electron chi connectivity index (χ2n) is 4.71. The van der Waals surface area contributed by atoms with E-state index in [1.54, 1.807) is 0 Å². The van der Waals surface area contributed by atoms with Gasteiger partial charge in [0.05, 0.1) is 16.4 Å². The third-order valence-corrected chi connectivity index (χ3v) is 4.10. The molecule has 0 radical (unpaired) electrons. The zero-order valence-electron chi connectivity index (χ0n) is 10.0. The van der Waals surface area contributed by atoms with Gasteiger partial charge in [0.15, 0.2) is 0 Å². The Morgan fingerprint density at radius 3 is 3.00 bits per heavy atom. The highest BCUT2D eigenvalue weighted by Gasteiger charge is 2.20. The molecule has 0 aromatic carbocycles. The van der Waals surface area contributed by atoms with Gasteiger partial charge in [0.2, 0.25) is 0 Å². The predicted octanol–water partition coefficient (Wildman–Crippen LogP) is 2.60. The first-order valence-corrected chi connectivity index (χ1v) is 6.93. The van der Waals surface area contributed by atoms with Gasteiger partial charge >= 0.3 is 0 Å². The minimum absolute atomic E-state index is 0.691. The van der Waals surface area contributed by atoms with E-state index in [0.717, 1.165) is 29.9 Å². The van der Waals surface area contributed by atoms with E-state index >= 15 is 0 Å². The quantitative estimate of drug-likeness (QED) is 0.925. The highest BCUT2D eigenvalue weighted by Crippen LogP contribution is 2.23. The highest BCUT2D eigenvalue weighted by molar-refractivity contribution is 9.10. The number of nitrogens with one attached hydrogen (secondary N) is 1. The van der Waals surface area contributed by atoms with Crippen molar-refractivity contribution in [3.8, 4) is 0 Å². The summed E-state index contributed by atoms with van der Waals surface area (Å²) in [5.41, 5.74) is 1.35. The minimum Gasteiger partial charge on any atom is -0.314 e. The summed E-state index contributed by atoms with van der Waals surface area (Å²) in [5, 5.41) is 7.92. The first-order chi connectivity index (χ1) is 7.70. The molecule has 4 heteroatoms. The zero-order valence-corrected chi connectivity index (χ0v) is 11.6. The molecule has 0 saturated carbocycles. The summed E-state index contributed by atoms with van der Waals surface area (Å²) in [6.07, 6.45) is 5.67. The lowest BCUT2D eigenvalue weighted by atomic mass is 9.91. The first kappa shape index (κ1) is 12.1. The number of aryl methyl sites for hydroxylation is 1. The Balaban J connectivity index is 2.00. The van der Waals surface area contributed by atoms with Gasteiger partial charge < -0.3 is 5.32 Å². The third-order valence-electron chi connectivity index (χ3n) is 3.44. The molecule has 2 rings (SSSR count). The predicted molar refractivity (Wildman–Crippen MR) is 69.5 cm³/mol. The minimum atomic E-state index is 0.691. The largest absolute Gasteiger partial charge is 0.314 e. The lowest BCUT2D eigenvalue weighted by Crippen LogP contribution is -2.37. The van der Waals surface area contributed by atoms with Crippen LogP contribution >= 0.6 is 15.9 Å². The summed E-state index contributed by atoms with van der Waals surface area (Å²) in [5.74, 6) is 0.759. The molecule has 1 N–H and O–H groups in total. The van der Waals surface area contributed by atoms with Crippen LogP contribution in [0.15, 0.2) is 10.7 Å². The van der Waals surface area contributed by atoms with Crippen molar-refractivity contribution in [2.75, 3.05) is 6.54 Å². The van der Waals surface area contributed by atoms with E-state index in [9.17, 15) is 0 Å². The maximum Gasteiger partial charge on any atom is 0.0635 e. The van der Waals surface area contributed by atoms with Crippen molar-refractivity contribution in [1.82, 2.24) is 15.1 Å². The summed E-state index contributed by atoms with van der Waals surface area (Å²) in [6, 6.07) is 0.691. The van der Waals surface area contributed by atoms with E-state index in [1.807, 2.05) is 6.20 Å². The van der Waals surface area contributed by atoms with E-state index in [2.05, 4.69) is 44.9 Å². The normalized spacial score (nSPS) is 25.9. The summed E-state index contributed by atoms with van der Waals surface area (Å²) in [4.78, 5) is 0. The fraction of sp³-hybridized carbons (Fsp3) is 0.750. The molecule has 16 heavy (non-hydrogen) atoms. The Hall–Kier alpha value is -0.350. The smallest absolute Gasteiger partial charge is 0.0635 e. The molecule has 1 aromatic heterocycles. The Morgan fingerprint density at radius 2 is 2.38 bits per heavy atom. The fourth-order valence-electron chi connectivity index (χ4n) is 2.37. The molecule has 1 saturated heterocycles. The van der Waals surface area contributed by atoms with Crippen LogP contribution in [0.1, 0.15) is 32.4 Å². The van der Waals surface area contributed by atoms with E-state index < -0.39 is 0 Å². The zero-order chi connectivity index (χ0) is 11.5. The molecule has 1 aliphatic heterocycles. The molecule has 0 aliphatic carbocycles. The second kappa shape index (κ2) is 5.32.